The number of fused-ring (bicyclic) bond motifs is 3. The molecule has 2 atom stereocenters. The summed E-state index contributed by atoms with van der Waals surface area (Å²) in [5.74, 6) is 0.412. The fraction of sp³-hybridized carbons (Fsp3) is 0.560. The molecular formula is C25H33N5O3S. The largest absolute Gasteiger partial charge is 0.353 e. The summed E-state index contributed by atoms with van der Waals surface area (Å²) in [6.07, 6.45) is 7.07. The number of aliphatic imine (C=N–C) groups is 2. The number of benzene rings is 1. The SMILES string of the molecule is CCC(C)NC(=O)CSC1=Nc2ccccc2C2=NC(CCC(=O)NC3CCCCC3)C(=O)N12. The third-order valence-corrected chi connectivity index (χ3v) is 7.45. The molecule has 8 nitrogen and oxygen atoms in total. The van der Waals surface area contributed by atoms with Gasteiger partial charge in [-0.2, -0.15) is 0 Å². The molecule has 4 rings (SSSR count). The van der Waals surface area contributed by atoms with Crippen molar-refractivity contribution in [2.45, 2.75) is 83.3 Å². The van der Waals surface area contributed by atoms with Gasteiger partial charge in [-0.3, -0.25) is 19.4 Å². The lowest BCUT2D eigenvalue weighted by Crippen LogP contribution is -2.42. The van der Waals surface area contributed by atoms with E-state index in [4.69, 9.17) is 4.99 Å². The van der Waals surface area contributed by atoms with E-state index in [1.165, 1.54) is 23.1 Å². The summed E-state index contributed by atoms with van der Waals surface area (Å²) in [6.45, 7) is 3.97. The Morgan fingerprint density at radius 2 is 1.94 bits per heavy atom. The number of nitrogens with zero attached hydrogens (tertiary/aromatic N) is 3. The molecule has 0 aromatic heterocycles. The molecule has 1 aromatic carbocycles. The molecular weight excluding hydrogens is 450 g/mol. The Hall–Kier alpha value is -2.68. The number of hydrogen-bond donors (Lipinski definition) is 2. The second-order valence-corrected chi connectivity index (χ2v) is 10.1. The first-order valence-electron chi connectivity index (χ1n) is 12.3. The maximum Gasteiger partial charge on any atom is 0.259 e. The molecule has 1 fully saturated rings. The summed E-state index contributed by atoms with van der Waals surface area (Å²) in [5, 5.41) is 6.51. The van der Waals surface area contributed by atoms with Crippen LogP contribution in [0.1, 0.15) is 70.8 Å². The minimum absolute atomic E-state index is 0.0184. The molecule has 0 bridgehead atoms. The van der Waals surface area contributed by atoms with Crippen LogP contribution in [0.5, 0.6) is 0 Å². The number of hydrogen-bond acceptors (Lipinski definition) is 6. The van der Waals surface area contributed by atoms with Crippen molar-refractivity contribution in [3.8, 4) is 0 Å². The molecule has 0 radical (unpaired) electrons. The van der Waals surface area contributed by atoms with Crippen molar-refractivity contribution in [2.24, 2.45) is 9.98 Å². The van der Waals surface area contributed by atoms with Crippen molar-refractivity contribution in [3.05, 3.63) is 29.8 Å². The first-order chi connectivity index (χ1) is 16.5. The minimum atomic E-state index is -0.627. The van der Waals surface area contributed by atoms with Crippen LogP contribution in [0, 0.1) is 0 Å². The summed E-state index contributed by atoms with van der Waals surface area (Å²) in [5.41, 5.74) is 1.52. The Morgan fingerprint density at radius 3 is 2.71 bits per heavy atom. The Morgan fingerprint density at radius 1 is 1.18 bits per heavy atom. The molecule has 9 heteroatoms. The van der Waals surface area contributed by atoms with Gasteiger partial charge in [0, 0.05) is 24.1 Å². The fourth-order valence-electron chi connectivity index (χ4n) is 4.45. The number of rotatable bonds is 8. The van der Waals surface area contributed by atoms with Crippen LogP contribution in [0.2, 0.25) is 0 Å². The van der Waals surface area contributed by atoms with Crippen molar-refractivity contribution < 1.29 is 14.4 Å². The first kappa shape index (κ1) is 24.4. The van der Waals surface area contributed by atoms with Crippen molar-refractivity contribution in [3.63, 3.8) is 0 Å². The number of carbonyl (C=O) groups excluding carboxylic acids is 3. The van der Waals surface area contributed by atoms with Crippen molar-refractivity contribution in [1.29, 1.82) is 0 Å². The van der Waals surface area contributed by atoms with E-state index in [0.717, 1.165) is 43.4 Å². The molecule has 34 heavy (non-hydrogen) atoms. The van der Waals surface area contributed by atoms with E-state index in [1.807, 2.05) is 38.1 Å². The number of carbonyl (C=O) groups is 3. The number of amidine groups is 2. The molecule has 1 saturated carbocycles. The van der Waals surface area contributed by atoms with Gasteiger partial charge in [0.25, 0.3) is 5.91 Å². The molecule has 2 aliphatic heterocycles. The summed E-state index contributed by atoms with van der Waals surface area (Å²) < 4.78 is 0. The van der Waals surface area contributed by atoms with Gasteiger partial charge in [0.1, 0.15) is 11.9 Å². The Labute approximate surface area is 205 Å². The average Bonchev–Trinajstić information content (AvgIpc) is 3.18. The molecule has 0 saturated heterocycles. The normalized spacial score (nSPS) is 20.7. The fourth-order valence-corrected chi connectivity index (χ4v) is 5.26. The van der Waals surface area contributed by atoms with Gasteiger partial charge in [-0.25, -0.2) is 9.89 Å². The molecule has 2 unspecified atom stereocenters. The lowest BCUT2D eigenvalue weighted by Gasteiger charge is -2.25. The Bertz CT molecular complexity index is 1000. The third-order valence-electron chi connectivity index (χ3n) is 6.51. The average molecular weight is 484 g/mol. The van der Waals surface area contributed by atoms with Crippen LogP contribution < -0.4 is 10.6 Å². The van der Waals surface area contributed by atoms with E-state index < -0.39 is 6.04 Å². The van der Waals surface area contributed by atoms with Gasteiger partial charge in [-0.15, -0.1) is 0 Å². The van der Waals surface area contributed by atoms with E-state index in [1.54, 1.807) is 0 Å². The maximum absolute atomic E-state index is 13.3. The van der Waals surface area contributed by atoms with Crippen LogP contribution in [0.4, 0.5) is 5.69 Å². The maximum atomic E-state index is 13.3. The van der Waals surface area contributed by atoms with Gasteiger partial charge in [-0.1, -0.05) is 50.1 Å². The van der Waals surface area contributed by atoms with E-state index in [9.17, 15) is 14.4 Å². The first-order valence-corrected chi connectivity index (χ1v) is 13.3. The lowest BCUT2D eigenvalue weighted by atomic mass is 9.95. The lowest BCUT2D eigenvalue weighted by molar-refractivity contribution is -0.125. The van der Waals surface area contributed by atoms with E-state index in [2.05, 4.69) is 15.6 Å². The number of amides is 3. The molecule has 0 spiro atoms. The molecule has 1 aromatic rings. The molecule has 3 aliphatic rings. The second kappa shape index (κ2) is 11.2. The van der Waals surface area contributed by atoms with Crippen LogP contribution in [-0.4, -0.2) is 57.5 Å². The Kier molecular flexibility index (Phi) is 8.03. The van der Waals surface area contributed by atoms with Gasteiger partial charge in [0.2, 0.25) is 11.8 Å². The van der Waals surface area contributed by atoms with Crippen LogP contribution in [0.3, 0.4) is 0 Å². The highest BCUT2D eigenvalue weighted by Crippen LogP contribution is 2.34. The monoisotopic (exact) mass is 483 g/mol. The van der Waals surface area contributed by atoms with Crippen molar-refractivity contribution >= 4 is 46.2 Å². The van der Waals surface area contributed by atoms with E-state index in [-0.39, 0.29) is 42.0 Å². The topological polar surface area (TPSA) is 103 Å². The van der Waals surface area contributed by atoms with E-state index >= 15 is 0 Å². The standard InChI is InChI=1S/C25H33N5O3S/c1-3-16(2)26-22(32)15-34-25-29-19-12-8-7-11-18(19)23-28-20(24(33)30(23)25)13-14-21(31)27-17-9-5-4-6-10-17/h7-8,11-12,16-17,20H,3-6,9-10,13-15H2,1-2H3,(H,26,32)(H,27,31). The summed E-state index contributed by atoms with van der Waals surface area (Å²) in [4.78, 5) is 49.0. The van der Waals surface area contributed by atoms with Crippen LogP contribution in [0.15, 0.2) is 34.3 Å². The summed E-state index contributed by atoms with van der Waals surface area (Å²) in [6, 6.07) is 7.27. The highest BCUT2D eigenvalue weighted by atomic mass is 32.2. The number of para-hydroxylation sites is 1. The van der Waals surface area contributed by atoms with Crippen LogP contribution in [-0.2, 0) is 14.4 Å². The third kappa shape index (κ3) is 5.68. The zero-order valence-electron chi connectivity index (χ0n) is 19.9. The van der Waals surface area contributed by atoms with Crippen LogP contribution in [0.25, 0.3) is 0 Å². The quantitative estimate of drug-likeness (QED) is 0.590. The second-order valence-electron chi connectivity index (χ2n) is 9.16. The van der Waals surface area contributed by atoms with Gasteiger partial charge in [-0.05, 0) is 44.7 Å². The molecule has 2 heterocycles. The molecule has 2 N–H and O–H groups in total. The number of nitrogens with one attached hydrogen (secondary N) is 2. The highest BCUT2D eigenvalue weighted by Gasteiger charge is 2.41. The zero-order chi connectivity index (χ0) is 24.1. The molecule has 3 amide bonds. The van der Waals surface area contributed by atoms with Gasteiger partial charge >= 0.3 is 0 Å². The summed E-state index contributed by atoms with van der Waals surface area (Å²) >= 11 is 1.23. The highest BCUT2D eigenvalue weighted by molar-refractivity contribution is 8.14. The predicted molar refractivity (Wildman–Crippen MR) is 135 cm³/mol. The van der Waals surface area contributed by atoms with Crippen LogP contribution >= 0.6 is 11.8 Å². The Balaban J connectivity index is 1.43. The predicted octanol–water partition coefficient (Wildman–Crippen LogP) is 3.52. The smallest absolute Gasteiger partial charge is 0.259 e. The van der Waals surface area contributed by atoms with Crippen molar-refractivity contribution in [2.75, 3.05) is 5.75 Å². The van der Waals surface area contributed by atoms with Gasteiger partial charge in [0.15, 0.2) is 5.17 Å². The summed E-state index contributed by atoms with van der Waals surface area (Å²) in [7, 11) is 0. The molecule has 1 aliphatic carbocycles. The van der Waals surface area contributed by atoms with Gasteiger partial charge in [0.05, 0.1) is 11.4 Å². The number of thioether (sulfide) groups is 1. The molecule has 182 valence electrons. The van der Waals surface area contributed by atoms with E-state index in [0.29, 0.717) is 17.4 Å². The van der Waals surface area contributed by atoms with Gasteiger partial charge < -0.3 is 10.6 Å². The minimum Gasteiger partial charge on any atom is -0.353 e. The zero-order valence-corrected chi connectivity index (χ0v) is 20.7. The van der Waals surface area contributed by atoms with Crippen molar-refractivity contribution in [1.82, 2.24) is 15.5 Å².